The molecule has 0 atom stereocenters. The van der Waals surface area contributed by atoms with Crippen molar-refractivity contribution in [2.45, 2.75) is 19.8 Å². The van der Waals surface area contributed by atoms with Crippen LogP contribution in [-0.2, 0) is 20.7 Å². The second-order valence-corrected chi connectivity index (χ2v) is 7.69. The van der Waals surface area contributed by atoms with Crippen LogP contribution >= 0.6 is 0 Å². The van der Waals surface area contributed by atoms with Crippen LogP contribution in [0.25, 0.3) is 16.7 Å². The highest BCUT2D eigenvalue weighted by molar-refractivity contribution is 6.22. The molecule has 3 rings (SSSR count). The van der Waals surface area contributed by atoms with Gasteiger partial charge in [0.1, 0.15) is 17.1 Å². The summed E-state index contributed by atoms with van der Waals surface area (Å²) in [7, 11) is 3.28. The fourth-order valence-corrected chi connectivity index (χ4v) is 3.67. The molecule has 33 heavy (non-hydrogen) atoms. The number of carbonyl (C=O) groups excluding carboxylic acids is 1. The zero-order valence-electron chi connectivity index (χ0n) is 19.1. The summed E-state index contributed by atoms with van der Waals surface area (Å²) in [6.45, 7) is 3.42. The molecule has 0 aliphatic carbocycles. The van der Waals surface area contributed by atoms with Gasteiger partial charge in [-0.1, -0.05) is 12.1 Å². The Bertz CT molecular complexity index is 1070. The molecule has 174 valence electrons. The van der Waals surface area contributed by atoms with E-state index in [1.807, 2.05) is 43.3 Å². The fourth-order valence-electron chi connectivity index (χ4n) is 3.67. The smallest absolute Gasteiger partial charge is 0.341 e. The average Bonchev–Trinajstić information content (AvgIpc) is 2.81. The largest absolute Gasteiger partial charge is 0.497 e. The topological polar surface area (TPSA) is 94.1 Å². The number of carboxylic acids is 1. The van der Waals surface area contributed by atoms with Crippen molar-refractivity contribution >= 4 is 17.3 Å². The van der Waals surface area contributed by atoms with Gasteiger partial charge in [0.05, 0.1) is 13.7 Å². The molecule has 7 heteroatoms. The number of carbonyl (C=O) groups is 2. The van der Waals surface area contributed by atoms with E-state index < -0.39 is 11.8 Å². The highest BCUT2D eigenvalue weighted by atomic mass is 16.5. The molecular formula is C26H29NO6. The maximum Gasteiger partial charge on any atom is 0.341 e. The minimum absolute atomic E-state index is 0.286. The number of allylic oxidation sites excluding steroid dienone is 2. The van der Waals surface area contributed by atoms with E-state index in [4.69, 9.17) is 14.2 Å². The number of aliphatic carboxylic acids is 1. The average molecular weight is 452 g/mol. The van der Waals surface area contributed by atoms with Crippen LogP contribution in [0.4, 0.5) is 0 Å². The Morgan fingerprint density at radius 3 is 2.52 bits per heavy atom. The van der Waals surface area contributed by atoms with E-state index in [1.54, 1.807) is 14.2 Å². The van der Waals surface area contributed by atoms with Crippen molar-refractivity contribution in [2.75, 3.05) is 34.0 Å². The van der Waals surface area contributed by atoms with E-state index in [0.717, 1.165) is 40.2 Å². The number of nitrogens with one attached hydrogen (secondary N) is 1. The molecule has 0 amide bonds. The summed E-state index contributed by atoms with van der Waals surface area (Å²) >= 11 is 0. The highest BCUT2D eigenvalue weighted by Crippen LogP contribution is 2.37. The van der Waals surface area contributed by atoms with Crippen molar-refractivity contribution < 1.29 is 28.9 Å². The third kappa shape index (κ3) is 6.02. The van der Waals surface area contributed by atoms with Gasteiger partial charge in [0.2, 0.25) is 0 Å². The first-order valence-corrected chi connectivity index (χ1v) is 10.8. The van der Waals surface area contributed by atoms with Crippen LogP contribution in [0.1, 0.15) is 24.5 Å². The Hall–Kier alpha value is -3.58. The minimum Gasteiger partial charge on any atom is -0.497 e. The van der Waals surface area contributed by atoms with Gasteiger partial charge in [0, 0.05) is 38.4 Å². The first kappa shape index (κ1) is 24.1. The lowest BCUT2D eigenvalue weighted by atomic mass is 9.91. The predicted molar refractivity (Wildman–Crippen MR) is 127 cm³/mol. The molecule has 0 spiro atoms. The summed E-state index contributed by atoms with van der Waals surface area (Å²) < 4.78 is 16.5. The molecule has 2 N–H and O–H groups in total. The Kier molecular flexibility index (Phi) is 8.27. The molecule has 0 aromatic heterocycles. The number of ether oxygens (including phenoxy) is 3. The standard InChI is InChI=1S/C26H29NO6/c1-17-13-24(28)23(26(29)30)16-27-10-9-19-14-25(33-12-4-11-31-2)22(15-21(17)19)18-5-7-20(32-3)8-6-18/h5-8,13-16,27H,4,9-12H2,1-3H3,(H,29,30)/b17-13+,23-16+. The molecule has 0 fully saturated rings. The maximum absolute atomic E-state index is 12.6. The number of carboxylic acid groups (broad SMARTS) is 1. The van der Waals surface area contributed by atoms with Crippen LogP contribution < -0.4 is 14.8 Å². The van der Waals surface area contributed by atoms with Crippen LogP contribution in [0.5, 0.6) is 11.5 Å². The van der Waals surface area contributed by atoms with E-state index in [1.165, 1.54) is 12.3 Å². The van der Waals surface area contributed by atoms with E-state index in [0.29, 0.717) is 31.8 Å². The monoisotopic (exact) mass is 451 g/mol. The molecule has 1 aliphatic heterocycles. The van der Waals surface area contributed by atoms with Crippen LogP contribution in [-0.4, -0.2) is 50.8 Å². The first-order valence-electron chi connectivity index (χ1n) is 10.8. The fraction of sp³-hybridized carbons (Fsp3) is 0.308. The SMILES string of the molecule is COCCCOc1cc2c(cc1-c1ccc(OC)cc1)/C(C)=C/C(=O)/C(C(=O)O)=C\NCC2. The van der Waals surface area contributed by atoms with Gasteiger partial charge in [0.15, 0.2) is 5.78 Å². The third-order valence-corrected chi connectivity index (χ3v) is 5.41. The van der Waals surface area contributed by atoms with Gasteiger partial charge in [-0.3, -0.25) is 4.79 Å². The zero-order valence-corrected chi connectivity index (χ0v) is 19.1. The molecular weight excluding hydrogens is 422 g/mol. The first-order chi connectivity index (χ1) is 15.9. The minimum atomic E-state index is -1.25. The number of benzene rings is 2. The van der Waals surface area contributed by atoms with Crippen molar-refractivity contribution in [3.63, 3.8) is 0 Å². The lowest BCUT2D eigenvalue weighted by molar-refractivity contribution is -0.134. The molecule has 1 heterocycles. The van der Waals surface area contributed by atoms with E-state index >= 15 is 0 Å². The zero-order chi connectivity index (χ0) is 23.8. The summed E-state index contributed by atoms with van der Waals surface area (Å²) in [5.41, 5.74) is 4.13. The van der Waals surface area contributed by atoms with Crippen molar-refractivity contribution in [1.82, 2.24) is 5.32 Å². The van der Waals surface area contributed by atoms with Crippen LogP contribution in [0.15, 0.2) is 54.2 Å². The van der Waals surface area contributed by atoms with Gasteiger partial charge >= 0.3 is 5.97 Å². The van der Waals surface area contributed by atoms with Gasteiger partial charge < -0.3 is 24.6 Å². The van der Waals surface area contributed by atoms with Crippen LogP contribution in [0, 0.1) is 0 Å². The predicted octanol–water partition coefficient (Wildman–Crippen LogP) is 3.86. The lowest BCUT2D eigenvalue weighted by Crippen LogP contribution is -2.19. The van der Waals surface area contributed by atoms with Crippen molar-refractivity contribution in [2.24, 2.45) is 0 Å². The second kappa shape index (κ2) is 11.3. The molecule has 2 aromatic carbocycles. The van der Waals surface area contributed by atoms with Gasteiger partial charge in [-0.15, -0.1) is 0 Å². The van der Waals surface area contributed by atoms with E-state index in [9.17, 15) is 14.7 Å². The Morgan fingerprint density at radius 1 is 1.09 bits per heavy atom. The molecule has 0 bridgehead atoms. The molecule has 0 saturated heterocycles. The molecule has 0 radical (unpaired) electrons. The summed E-state index contributed by atoms with van der Waals surface area (Å²) in [5, 5.41) is 12.3. The van der Waals surface area contributed by atoms with Gasteiger partial charge in [-0.05, 0) is 65.9 Å². The summed E-state index contributed by atoms with van der Waals surface area (Å²) in [5.74, 6) is -0.309. The highest BCUT2D eigenvalue weighted by Gasteiger charge is 2.19. The van der Waals surface area contributed by atoms with Gasteiger partial charge in [-0.25, -0.2) is 4.79 Å². The third-order valence-electron chi connectivity index (χ3n) is 5.41. The number of hydrogen-bond acceptors (Lipinski definition) is 6. The number of rotatable bonds is 8. The molecule has 0 saturated carbocycles. The number of fused-ring (bicyclic) bond motifs is 1. The Morgan fingerprint density at radius 2 is 1.85 bits per heavy atom. The second-order valence-electron chi connectivity index (χ2n) is 7.69. The lowest BCUT2D eigenvalue weighted by Gasteiger charge is -2.19. The number of hydrogen-bond donors (Lipinski definition) is 2. The molecule has 0 unspecified atom stereocenters. The summed E-state index contributed by atoms with van der Waals surface area (Å²) in [6, 6.07) is 11.7. The summed E-state index contributed by atoms with van der Waals surface area (Å²) in [4.78, 5) is 24.0. The molecule has 7 nitrogen and oxygen atoms in total. The maximum atomic E-state index is 12.6. The molecule has 1 aliphatic rings. The number of methoxy groups -OCH3 is 2. The van der Waals surface area contributed by atoms with Gasteiger partial charge in [-0.2, -0.15) is 0 Å². The van der Waals surface area contributed by atoms with E-state index in [2.05, 4.69) is 5.32 Å². The number of ketones is 1. The Balaban J connectivity index is 2.09. The Labute approximate surface area is 193 Å². The van der Waals surface area contributed by atoms with Crippen molar-refractivity contribution in [1.29, 1.82) is 0 Å². The quantitative estimate of drug-likeness (QED) is 0.465. The van der Waals surface area contributed by atoms with Crippen molar-refractivity contribution in [3.8, 4) is 22.6 Å². The van der Waals surface area contributed by atoms with E-state index in [-0.39, 0.29) is 5.57 Å². The van der Waals surface area contributed by atoms with Crippen LogP contribution in [0.2, 0.25) is 0 Å². The summed E-state index contributed by atoms with van der Waals surface area (Å²) in [6.07, 6.45) is 4.04. The molecule has 2 aromatic rings. The van der Waals surface area contributed by atoms with Crippen LogP contribution in [0.3, 0.4) is 0 Å². The van der Waals surface area contributed by atoms with Crippen molar-refractivity contribution in [3.05, 3.63) is 65.4 Å². The van der Waals surface area contributed by atoms with Gasteiger partial charge in [0.25, 0.3) is 0 Å². The normalized spacial score (nSPS) is 17.0.